The molecule has 0 amide bonds. The molecule has 2 atom stereocenters. The van der Waals surface area contributed by atoms with Crippen molar-refractivity contribution in [2.45, 2.75) is 56.7 Å². The van der Waals surface area contributed by atoms with Crippen molar-refractivity contribution in [1.82, 2.24) is 25.1 Å². The first kappa shape index (κ1) is 15.2. The van der Waals surface area contributed by atoms with Crippen molar-refractivity contribution in [1.29, 1.82) is 0 Å². The third-order valence-electron chi connectivity index (χ3n) is 5.09. The van der Waals surface area contributed by atoms with Gasteiger partial charge in [-0.15, -0.1) is 11.3 Å². The van der Waals surface area contributed by atoms with Gasteiger partial charge in [-0.1, -0.05) is 12.8 Å². The van der Waals surface area contributed by atoms with Crippen molar-refractivity contribution in [2.75, 3.05) is 13.7 Å². The van der Waals surface area contributed by atoms with Gasteiger partial charge in [0.25, 0.3) is 0 Å². The van der Waals surface area contributed by atoms with Crippen LogP contribution in [0.25, 0.3) is 0 Å². The summed E-state index contributed by atoms with van der Waals surface area (Å²) < 4.78 is 5.57. The normalized spacial score (nSPS) is 26.3. The molecule has 2 aromatic heterocycles. The number of ether oxygens (including phenoxy) is 1. The van der Waals surface area contributed by atoms with Crippen molar-refractivity contribution < 1.29 is 4.74 Å². The molecule has 124 valence electrons. The van der Waals surface area contributed by atoms with Crippen LogP contribution in [0.5, 0.6) is 0 Å². The lowest BCUT2D eigenvalue weighted by atomic mass is 10.1. The van der Waals surface area contributed by atoms with Gasteiger partial charge in [0, 0.05) is 31.5 Å². The summed E-state index contributed by atoms with van der Waals surface area (Å²) in [6, 6.07) is 0.235. The maximum absolute atomic E-state index is 5.57. The third-order valence-corrected chi connectivity index (χ3v) is 6.14. The zero-order valence-corrected chi connectivity index (χ0v) is 14.3. The number of aromatic nitrogens is 4. The fraction of sp³-hybridized carbons (Fsp3) is 0.688. The van der Waals surface area contributed by atoms with Crippen LogP contribution in [-0.4, -0.2) is 44.8 Å². The minimum absolute atomic E-state index is 0.235. The highest BCUT2D eigenvalue weighted by Gasteiger charge is 2.35. The Kier molecular flexibility index (Phi) is 4.41. The molecule has 3 heterocycles. The van der Waals surface area contributed by atoms with Crippen molar-refractivity contribution in [3.05, 3.63) is 28.2 Å². The first-order chi connectivity index (χ1) is 11.3. The number of nitrogens with one attached hydrogen (secondary N) is 1. The molecular weight excluding hydrogens is 310 g/mol. The standard InChI is InChI=1S/C16H23N5OS/c1-22-13-6-14(15-17-10-18-20-15)21(8-13)7-12-9-23-16(19-12)11-4-2-3-5-11/h9-11,13-14H,2-8H2,1H3,(H,17,18,20)/t13-,14+/m1/s1. The van der Waals surface area contributed by atoms with Gasteiger partial charge in [0.15, 0.2) is 0 Å². The number of hydrogen-bond acceptors (Lipinski definition) is 6. The fourth-order valence-electron chi connectivity index (χ4n) is 3.83. The number of nitrogens with zero attached hydrogens (tertiary/aromatic N) is 4. The summed E-state index contributed by atoms with van der Waals surface area (Å²) >= 11 is 1.83. The zero-order valence-electron chi connectivity index (χ0n) is 13.4. The van der Waals surface area contributed by atoms with E-state index in [0.29, 0.717) is 5.92 Å². The molecule has 2 fully saturated rings. The van der Waals surface area contributed by atoms with E-state index in [1.54, 1.807) is 13.4 Å². The molecule has 1 aliphatic carbocycles. The predicted molar refractivity (Wildman–Crippen MR) is 88.3 cm³/mol. The SMILES string of the molecule is CO[C@@H]1C[C@@H](c2ncn[nH]2)N(Cc2csc(C3CCCC3)n2)C1. The maximum atomic E-state index is 5.57. The minimum Gasteiger partial charge on any atom is -0.380 e. The van der Waals surface area contributed by atoms with Crippen molar-refractivity contribution in [2.24, 2.45) is 0 Å². The first-order valence-electron chi connectivity index (χ1n) is 8.40. The summed E-state index contributed by atoms with van der Waals surface area (Å²) in [4.78, 5) is 11.7. The molecule has 1 aliphatic heterocycles. The van der Waals surface area contributed by atoms with E-state index >= 15 is 0 Å². The summed E-state index contributed by atoms with van der Waals surface area (Å²) in [5.74, 6) is 1.62. The van der Waals surface area contributed by atoms with Crippen LogP contribution in [0, 0.1) is 0 Å². The molecule has 2 aliphatic rings. The van der Waals surface area contributed by atoms with Gasteiger partial charge in [-0.3, -0.25) is 10.00 Å². The van der Waals surface area contributed by atoms with Crippen LogP contribution in [0.15, 0.2) is 11.7 Å². The van der Waals surface area contributed by atoms with Gasteiger partial charge < -0.3 is 4.74 Å². The van der Waals surface area contributed by atoms with Gasteiger partial charge in [0.2, 0.25) is 0 Å². The van der Waals surface area contributed by atoms with E-state index in [1.807, 2.05) is 11.3 Å². The Bertz CT molecular complexity index is 622. The van der Waals surface area contributed by atoms with Crippen LogP contribution in [0.2, 0.25) is 0 Å². The predicted octanol–water partition coefficient (Wildman–Crippen LogP) is 2.88. The molecular formula is C16H23N5OS. The molecule has 0 unspecified atom stereocenters. The summed E-state index contributed by atoms with van der Waals surface area (Å²) in [5.41, 5.74) is 1.18. The fourth-order valence-corrected chi connectivity index (χ4v) is 4.81. The monoisotopic (exact) mass is 333 g/mol. The van der Waals surface area contributed by atoms with Crippen molar-refractivity contribution in [3.63, 3.8) is 0 Å². The summed E-state index contributed by atoms with van der Waals surface area (Å²) in [6.07, 6.45) is 8.11. The Morgan fingerprint density at radius 2 is 2.26 bits per heavy atom. The molecule has 1 saturated heterocycles. The maximum Gasteiger partial charge on any atom is 0.141 e. The summed E-state index contributed by atoms with van der Waals surface area (Å²) in [5, 5.41) is 10.6. The topological polar surface area (TPSA) is 66.9 Å². The second-order valence-electron chi connectivity index (χ2n) is 6.57. The lowest BCUT2D eigenvalue weighted by Gasteiger charge is -2.21. The van der Waals surface area contributed by atoms with Crippen LogP contribution in [0.4, 0.5) is 0 Å². The molecule has 6 nitrogen and oxygen atoms in total. The molecule has 23 heavy (non-hydrogen) atoms. The van der Waals surface area contributed by atoms with Gasteiger partial charge in [0.05, 0.1) is 22.8 Å². The molecule has 0 aromatic carbocycles. The van der Waals surface area contributed by atoms with Crippen molar-refractivity contribution in [3.8, 4) is 0 Å². The molecule has 0 spiro atoms. The number of thiazole rings is 1. The third kappa shape index (κ3) is 3.18. The first-order valence-corrected chi connectivity index (χ1v) is 9.28. The van der Waals surface area contributed by atoms with Crippen LogP contribution >= 0.6 is 11.3 Å². The molecule has 0 bridgehead atoms. The Labute approximate surface area is 140 Å². The average Bonchev–Trinajstić information content (AvgIpc) is 3.34. The summed E-state index contributed by atoms with van der Waals surface area (Å²) in [7, 11) is 1.78. The van der Waals surface area contributed by atoms with E-state index in [9.17, 15) is 0 Å². The number of likely N-dealkylation sites (tertiary alicyclic amines) is 1. The second-order valence-corrected chi connectivity index (χ2v) is 7.46. The number of aromatic amines is 1. The molecule has 0 radical (unpaired) electrons. The van der Waals surface area contributed by atoms with Gasteiger partial charge in [-0.05, 0) is 19.3 Å². The van der Waals surface area contributed by atoms with Crippen molar-refractivity contribution >= 4 is 11.3 Å². The lowest BCUT2D eigenvalue weighted by molar-refractivity contribution is 0.107. The van der Waals surface area contributed by atoms with Gasteiger partial charge >= 0.3 is 0 Å². The van der Waals surface area contributed by atoms with E-state index in [4.69, 9.17) is 9.72 Å². The number of rotatable bonds is 5. The van der Waals surface area contributed by atoms with E-state index < -0.39 is 0 Å². The quantitative estimate of drug-likeness (QED) is 0.911. The number of methoxy groups -OCH3 is 1. The van der Waals surface area contributed by atoms with Gasteiger partial charge in [-0.2, -0.15) is 5.10 Å². The van der Waals surface area contributed by atoms with E-state index in [-0.39, 0.29) is 12.1 Å². The van der Waals surface area contributed by atoms with Gasteiger partial charge in [0.1, 0.15) is 12.2 Å². The van der Waals surface area contributed by atoms with Crippen LogP contribution in [0.1, 0.15) is 60.6 Å². The zero-order chi connectivity index (χ0) is 15.6. The van der Waals surface area contributed by atoms with Crippen LogP contribution < -0.4 is 0 Å². The van der Waals surface area contributed by atoms with Crippen LogP contribution in [-0.2, 0) is 11.3 Å². The highest BCUT2D eigenvalue weighted by molar-refractivity contribution is 7.09. The minimum atomic E-state index is 0.235. The lowest BCUT2D eigenvalue weighted by Crippen LogP contribution is -2.25. The summed E-state index contributed by atoms with van der Waals surface area (Å²) in [6.45, 7) is 1.77. The average molecular weight is 333 g/mol. The van der Waals surface area contributed by atoms with Gasteiger partial charge in [-0.25, -0.2) is 9.97 Å². The highest BCUT2D eigenvalue weighted by Crippen LogP contribution is 2.37. The Morgan fingerprint density at radius 3 is 3.00 bits per heavy atom. The smallest absolute Gasteiger partial charge is 0.141 e. The largest absolute Gasteiger partial charge is 0.380 e. The van der Waals surface area contributed by atoms with E-state index in [0.717, 1.165) is 25.3 Å². The molecule has 1 N–H and O–H groups in total. The molecule has 4 rings (SSSR count). The Hall–Kier alpha value is -1.31. The molecule has 7 heteroatoms. The van der Waals surface area contributed by atoms with E-state index in [2.05, 4.69) is 25.5 Å². The van der Waals surface area contributed by atoms with Crippen LogP contribution in [0.3, 0.4) is 0 Å². The highest BCUT2D eigenvalue weighted by atomic mass is 32.1. The Balaban J connectivity index is 1.48. The Morgan fingerprint density at radius 1 is 1.39 bits per heavy atom. The van der Waals surface area contributed by atoms with E-state index in [1.165, 1.54) is 36.4 Å². The second kappa shape index (κ2) is 6.67. The molecule has 1 saturated carbocycles. The number of H-pyrrole nitrogens is 1. The molecule has 2 aromatic rings. The number of hydrogen-bond donors (Lipinski definition) is 1.